The Hall–Kier alpha value is -2.24. The molecule has 2 aromatic heterocycles. The molecule has 0 unspecified atom stereocenters. The zero-order valence-corrected chi connectivity index (χ0v) is 8.46. The van der Waals surface area contributed by atoms with Crippen LogP contribution >= 0.6 is 0 Å². The van der Waals surface area contributed by atoms with Gasteiger partial charge in [0.25, 0.3) is 5.91 Å². The number of nitrogens with zero attached hydrogens (tertiary/aromatic N) is 3. The number of carbonyl (C=O) groups is 1. The second kappa shape index (κ2) is 5.01. The fraction of sp³-hybridized carbons (Fsp3) is 0.200. The van der Waals surface area contributed by atoms with Gasteiger partial charge >= 0.3 is 0 Å². The first-order chi connectivity index (χ1) is 7.86. The average Bonchev–Trinajstić information content (AvgIpc) is 2.84. The smallest absolute Gasteiger partial charge is 0.289 e. The molecule has 0 fully saturated rings. The Morgan fingerprint density at radius 1 is 1.38 bits per heavy atom. The quantitative estimate of drug-likeness (QED) is 0.805. The summed E-state index contributed by atoms with van der Waals surface area (Å²) in [6, 6.07) is 1.51. The summed E-state index contributed by atoms with van der Waals surface area (Å²) in [6.45, 7) is 0.507. The molecule has 0 radical (unpaired) electrons. The molecule has 0 saturated carbocycles. The Labute approximate surface area is 91.7 Å². The van der Waals surface area contributed by atoms with E-state index in [0.717, 1.165) is 5.56 Å². The van der Waals surface area contributed by atoms with Crippen molar-refractivity contribution in [2.45, 2.75) is 6.42 Å². The molecule has 0 aliphatic rings. The van der Waals surface area contributed by atoms with E-state index in [9.17, 15) is 4.79 Å². The Morgan fingerprint density at radius 2 is 2.19 bits per heavy atom. The lowest BCUT2D eigenvalue weighted by molar-refractivity contribution is 0.0917. The topological polar surface area (TPSA) is 80.9 Å². The molecule has 0 aliphatic heterocycles. The van der Waals surface area contributed by atoms with Crippen molar-refractivity contribution in [2.24, 2.45) is 0 Å². The van der Waals surface area contributed by atoms with Gasteiger partial charge in [-0.2, -0.15) is 0 Å². The lowest BCUT2D eigenvalue weighted by atomic mass is 10.2. The Morgan fingerprint density at radius 3 is 2.88 bits per heavy atom. The van der Waals surface area contributed by atoms with Crippen molar-refractivity contribution in [2.75, 3.05) is 6.54 Å². The Bertz CT molecular complexity index is 441. The third kappa shape index (κ3) is 2.63. The van der Waals surface area contributed by atoms with Crippen LogP contribution in [0.15, 0.2) is 35.5 Å². The van der Waals surface area contributed by atoms with Crippen LogP contribution in [0.25, 0.3) is 0 Å². The maximum Gasteiger partial charge on any atom is 0.289 e. The first-order valence-electron chi connectivity index (χ1n) is 4.79. The van der Waals surface area contributed by atoms with Crippen LogP contribution in [0.2, 0.25) is 0 Å². The minimum Gasteiger partial charge on any atom is -0.351 e. The highest BCUT2D eigenvalue weighted by Crippen LogP contribution is 1.97. The molecule has 2 rings (SSSR count). The summed E-state index contributed by atoms with van der Waals surface area (Å²) in [5, 5.41) is 6.16. The van der Waals surface area contributed by atoms with Gasteiger partial charge in [-0.25, -0.2) is 9.97 Å². The van der Waals surface area contributed by atoms with Crippen LogP contribution in [0.5, 0.6) is 0 Å². The first-order valence-corrected chi connectivity index (χ1v) is 4.79. The summed E-state index contributed by atoms with van der Waals surface area (Å²) in [4.78, 5) is 19.2. The minimum absolute atomic E-state index is 0.212. The second-order valence-electron chi connectivity index (χ2n) is 3.13. The molecule has 82 valence electrons. The Kier molecular flexibility index (Phi) is 3.22. The Balaban J connectivity index is 1.79. The van der Waals surface area contributed by atoms with Gasteiger partial charge in [-0.1, -0.05) is 5.16 Å². The van der Waals surface area contributed by atoms with Crippen LogP contribution < -0.4 is 5.32 Å². The maximum absolute atomic E-state index is 11.4. The zero-order chi connectivity index (χ0) is 11.2. The van der Waals surface area contributed by atoms with E-state index in [4.69, 9.17) is 4.52 Å². The molecule has 2 aromatic rings. The molecular formula is C10H10N4O2. The van der Waals surface area contributed by atoms with E-state index in [-0.39, 0.29) is 11.7 Å². The number of amides is 1. The minimum atomic E-state index is -0.269. The number of hydrogen-bond donors (Lipinski definition) is 1. The van der Waals surface area contributed by atoms with Crippen LogP contribution in [0.3, 0.4) is 0 Å². The number of rotatable bonds is 4. The van der Waals surface area contributed by atoms with Gasteiger partial charge in [0.15, 0.2) is 0 Å². The normalized spacial score (nSPS) is 10.0. The van der Waals surface area contributed by atoms with Gasteiger partial charge in [0.1, 0.15) is 6.33 Å². The highest BCUT2D eigenvalue weighted by molar-refractivity contribution is 5.91. The maximum atomic E-state index is 11.4. The molecule has 1 N–H and O–H groups in total. The average molecular weight is 218 g/mol. The van der Waals surface area contributed by atoms with Crippen LogP contribution in [0.1, 0.15) is 16.1 Å². The van der Waals surface area contributed by atoms with E-state index in [0.29, 0.717) is 13.0 Å². The fourth-order valence-corrected chi connectivity index (χ4v) is 1.20. The standard InChI is InChI=1S/C10H10N4O2/c15-10(9-2-4-14-16-9)13-3-1-8-5-11-7-12-6-8/h2,4-7H,1,3H2,(H,13,15). The van der Waals surface area contributed by atoms with Crippen molar-refractivity contribution in [1.82, 2.24) is 20.4 Å². The molecule has 0 aromatic carbocycles. The molecule has 6 nitrogen and oxygen atoms in total. The highest BCUT2D eigenvalue weighted by Gasteiger charge is 2.08. The third-order valence-corrected chi connectivity index (χ3v) is 1.97. The lowest BCUT2D eigenvalue weighted by Gasteiger charge is -2.01. The second-order valence-corrected chi connectivity index (χ2v) is 3.13. The first kappa shape index (κ1) is 10.3. The molecule has 0 spiro atoms. The van der Waals surface area contributed by atoms with Gasteiger partial charge in [0, 0.05) is 25.0 Å². The van der Waals surface area contributed by atoms with E-state index >= 15 is 0 Å². The fourth-order valence-electron chi connectivity index (χ4n) is 1.20. The van der Waals surface area contributed by atoms with Crippen molar-refractivity contribution >= 4 is 5.91 Å². The molecule has 16 heavy (non-hydrogen) atoms. The molecule has 0 bridgehead atoms. The predicted molar refractivity (Wildman–Crippen MR) is 54.6 cm³/mol. The van der Waals surface area contributed by atoms with Crippen molar-refractivity contribution in [3.63, 3.8) is 0 Å². The highest BCUT2D eigenvalue weighted by atomic mass is 16.5. The summed E-state index contributed by atoms with van der Waals surface area (Å²) in [5.74, 6) is -0.0568. The molecule has 2 heterocycles. The monoisotopic (exact) mass is 218 g/mol. The lowest BCUT2D eigenvalue weighted by Crippen LogP contribution is -2.25. The van der Waals surface area contributed by atoms with Crippen molar-refractivity contribution in [3.05, 3.63) is 42.3 Å². The summed E-state index contributed by atoms with van der Waals surface area (Å²) in [5.41, 5.74) is 0.973. The predicted octanol–water partition coefficient (Wildman–Crippen LogP) is 0.437. The van der Waals surface area contributed by atoms with E-state index in [1.165, 1.54) is 18.6 Å². The van der Waals surface area contributed by atoms with E-state index in [1.807, 2.05) is 0 Å². The van der Waals surface area contributed by atoms with Gasteiger partial charge in [-0.3, -0.25) is 4.79 Å². The van der Waals surface area contributed by atoms with Crippen LogP contribution in [-0.2, 0) is 6.42 Å². The summed E-state index contributed by atoms with van der Waals surface area (Å²) in [6.07, 6.45) is 7.01. The largest absolute Gasteiger partial charge is 0.351 e. The number of aromatic nitrogens is 3. The van der Waals surface area contributed by atoms with E-state index in [1.54, 1.807) is 12.4 Å². The molecule has 6 heteroatoms. The summed E-state index contributed by atoms with van der Waals surface area (Å²) in [7, 11) is 0. The molecule has 0 atom stereocenters. The van der Waals surface area contributed by atoms with Gasteiger partial charge in [-0.05, 0) is 12.0 Å². The van der Waals surface area contributed by atoms with Crippen molar-refractivity contribution in [1.29, 1.82) is 0 Å². The number of carbonyl (C=O) groups excluding carboxylic acids is 1. The SMILES string of the molecule is O=C(NCCc1cncnc1)c1ccno1. The van der Waals surface area contributed by atoms with Crippen LogP contribution in [-0.4, -0.2) is 27.6 Å². The molecular weight excluding hydrogens is 208 g/mol. The molecule has 1 amide bonds. The van der Waals surface area contributed by atoms with Gasteiger partial charge in [0.05, 0.1) is 6.20 Å². The van der Waals surface area contributed by atoms with Crippen LogP contribution in [0.4, 0.5) is 0 Å². The molecule has 0 aliphatic carbocycles. The summed E-state index contributed by atoms with van der Waals surface area (Å²) < 4.78 is 4.71. The zero-order valence-electron chi connectivity index (χ0n) is 8.46. The number of hydrogen-bond acceptors (Lipinski definition) is 5. The van der Waals surface area contributed by atoms with Crippen molar-refractivity contribution in [3.8, 4) is 0 Å². The number of nitrogens with one attached hydrogen (secondary N) is 1. The van der Waals surface area contributed by atoms with Gasteiger partial charge in [0.2, 0.25) is 5.76 Å². The van der Waals surface area contributed by atoms with E-state index in [2.05, 4.69) is 20.4 Å². The van der Waals surface area contributed by atoms with Gasteiger partial charge < -0.3 is 9.84 Å². The molecule has 0 saturated heterocycles. The van der Waals surface area contributed by atoms with Crippen LogP contribution in [0, 0.1) is 0 Å². The third-order valence-electron chi connectivity index (χ3n) is 1.97. The summed E-state index contributed by atoms with van der Waals surface area (Å²) >= 11 is 0. The van der Waals surface area contributed by atoms with Crippen molar-refractivity contribution < 1.29 is 9.32 Å². The van der Waals surface area contributed by atoms with E-state index < -0.39 is 0 Å². The van der Waals surface area contributed by atoms with Gasteiger partial charge in [-0.15, -0.1) is 0 Å².